The van der Waals surface area contributed by atoms with E-state index in [9.17, 15) is 9.18 Å². The van der Waals surface area contributed by atoms with Gasteiger partial charge < -0.3 is 9.64 Å². The molecule has 0 N–H and O–H groups in total. The van der Waals surface area contributed by atoms with Crippen molar-refractivity contribution in [2.24, 2.45) is 5.92 Å². The number of hydrogen-bond donors (Lipinski definition) is 0. The van der Waals surface area contributed by atoms with E-state index < -0.39 is 0 Å². The summed E-state index contributed by atoms with van der Waals surface area (Å²) < 4.78 is 20.6. The lowest BCUT2D eigenvalue weighted by Crippen LogP contribution is -2.38. The number of morpholine rings is 1. The number of nitrogens with zero attached hydrogens (tertiary/aromatic N) is 4. The second kappa shape index (κ2) is 8.84. The van der Waals surface area contributed by atoms with Crippen molar-refractivity contribution in [3.63, 3.8) is 0 Å². The number of anilines is 1. The van der Waals surface area contributed by atoms with Gasteiger partial charge in [-0.15, -0.1) is 10.2 Å². The number of aromatic nitrogens is 3. The van der Waals surface area contributed by atoms with Crippen LogP contribution in [0.1, 0.15) is 31.1 Å². The van der Waals surface area contributed by atoms with Gasteiger partial charge in [-0.3, -0.25) is 9.36 Å². The molecule has 0 aliphatic carbocycles. The van der Waals surface area contributed by atoms with E-state index in [1.54, 1.807) is 0 Å². The molecule has 1 atom stereocenters. The second-order valence-corrected chi connectivity index (χ2v) is 8.33. The smallest absolute Gasteiger partial charge is 0.228 e. The van der Waals surface area contributed by atoms with Crippen LogP contribution in [0.5, 0.6) is 0 Å². The standard InChI is InChI=1S/C19H25FN4O2S/c1-13(2)12-24-18(23-8-10-26-11-9-23)21-22-19(24)27-14(3)17(25)15-4-6-16(20)7-5-15/h4-7,13-14H,8-12H2,1-3H3. The topological polar surface area (TPSA) is 60.2 Å². The van der Waals surface area contributed by atoms with Gasteiger partial charge in [-0.25, -0.2) is 4.39 Å². The molecule has 1 fully saturated rings. The first-order chi connectivity index (χ1) is 13.0. The lowest BCUT2D eigenvalue weighted by atomic mass is 10.1. The predicted octanol–water partition coefficient (Wildman–Crippen LogP) is 3.27. The highest BCUT2D eigenvalue weighted by Gasteiger charge is 2.24. The molecular formula is C19H25FN4O2S. The highest BCUT2D eigenvalue weighted by Crippen LogP contribution is 2.28. The van der Waals surface area contributed by atoms with E-state index in [4.69, 9.17) is 4.74 Å². The average Bonchev–Trinajstić information content (AvgIpc) is 3.04. The van der Waals surface area contributed by atoms with E-state index in [1.807, 2.05) is 6.92 Å². The maximum atomic E-state index is 13.1. The molecule has 1 aliphatic rings. The highest BCUT2D eigenvalue weighted by molar-refractivity contribution is 8.00. The van der Waals surface area contributed by atoms with Crippen LogP contribution in [0.25, 0.3) is 0 Å². The third-order valence-corrected chi connectivity index (χ3v) is 5.40. The Morgan fingerprint density at radius 1 is 1.19 bits per heavy atom. The Morgan fingerprint density at radius 3 is 2.48 bits per heavy atom. The number of Topliss-reactive ketones (excluding diaryl/α,β-unsaturated/α-hetero) is 1. The van der Waals surface area contributed by atoms with Gasteiger partial charge in [-0.2, -0.15) is 0 Å². The van der Waals surface area contributed by atoms with Crippen LogP contribution in [-0.4, -0.2) is 52.1 Å². The first-order valence-corrected chi connectivity index (χ1v) is 10.1. The molecule has 1 unspecified atom stereocenters. The van der Waals surface area contributed by atoms with Crippen molar-refractivity contribution in [3.8, 4) is 0 Å². The van der Waals surface area contributed by atoms with Gasteiger partial charge >= 0.3 is 0 Å². The van der Waals surface area contributed by atoms with Crippen molar-refractivity contribution in [1.29, 1.82) is 0 Å². The van der Waals surface area contributed by atoms with Crippen LogP contribution in [0.4, 0.5) is 10.3 Å². The summed E-state index contributed by atoms with van der Waals surface area (Å²) in [5.41, 5.74) is 0.500. The maximum absolute atomic E-state index is 13.1. The van der Waals surface area contributed by atoms with Crippen LogP contribution in [0.15, 0.2) is 29.4 Å². The van der Waals surface area contributed by atoms with Gasteiger partial charge in [-0.1, -0.05) is 25.6 Å². The summed E-state index contributed by atoms with van der Waals surface area (Å²) in [5.74, 6) is 0.852. The minimum Gasteiger partial charge on any atom is -0.378 e. The van der Waals surface area contributed by atoms with Gasteiger partial charge in [0.05, 0.1) is 18.5 Å². The van der Waals surface area contributed by atoms with Gasteiger partial charge in [0, 0.05) is 25.2 Å². The number of ether oxygens (including phenoxy) is 1. The molecule has 0 radical (unpaired) electrons. The molecule has 27 heavy (non-hydrogen) atoms. The van der Waals surface area contributed by atoms with Crippen molar-refractivity contribution in [2.75, 3.05) is 31.2 Å². The van der Waals surface area contributed by atoms with E-state index in [-0.39, 0.29) is 16.9 Å². The molecule has 1 aromatic carbocycles. The second-order valence-electron chi connectivity index (χ2n) is 7.02. The number of carbonyl (C=O) groups excluding carboxylic acids is 1. The van der Waals surface area contributed by atoms with Crippen LogP contribution in [0.3, 0.4) is 0 Å². The summed E-state index contributed by atoms with van der Waals surface area (Å²) in [6.07, 6.45) is 0. The molecule has 3 rings (SSSR count). The third kappa shape index (κ3) is 4.87. The fourth-order valence-corrected chi connectivity index (χ4v) is 3.88. The van der Waals surface area contributed by atoms with E-state index in [0.29, 0.717) is 24.7 Å². The Morgan fingerprint density at radius 2 is 1.85 bits per heavy atom. The Balaban J connectivity index is 1.79. The van der Waals surface area contributed by atoms with Gasteiger partial charge in [0.1, 0.15) is 5.82 Å². The molecule has 1 aliphatic heterocycles. The molecular weight excluding hydrogens is 367 g/mol. The van der Waals surface area contributed by atoms with Gasteiger partial charge in [0.2, 0.25) is 5.95 Å². The zero-order valence-corrected chi connectivity index (χ0v) is 16.7. The van der Waals surface area contributed by atoms with Crippen LogP contribution < -0.4 is 4.90 Å². The molecule has 2 aromatic rings. The average molecular weight is 393 g/mol. The first kappa shape index (κ1) is 19.8. The minimum absolute atomic E-state index is 0.0491. The Kier molecular flexibility index (Phi) is 6.49. The number of ketones is 1. The molecule has 6 nitrogen and oxygen atoms in total. The summed E-state index contributed by atoms with van der Waals surface area (Å²) in [7, 11) is 0. The van der Waals surface area contributed by atoms with Crippen molar-refractivity contribution in [3.05, 3.63) is 35.6 Å². The fourth-order valence-electron chi connectivity index (χ4n) is 2.95. The van der Waals surface area contributed by atoms with Crippen molar-refractivity contribution < 1.29 is 13.9 Å². The maximum Gasteiger partial charge on any atom is 0.228 e. The molecule has 2 heterocycles. The van der Waals surface area contributed by atoms with Crippen LogP contribution in [0.2, 0.25) is 0 Å². The van der Waals surface area contributed by atoms with E-state index >= 15 is 0 Å². The quantitative estimate of drug-likeness (QED) is 0.532. The predicted molar refractivity (Wildman–Crippen MR) is 104 cm³/mol. The van der Waals surface area contributed by atoms with E-state index in [2.05, 4.69) is 33.5 Å². The zero-order chi connectivity index (χ0) is 19.4. The Labute approximate surface area is 163 Å². The summed E-state index contributed by atoms with van der Waals surface area (Å²) in [6.45, 7) is 9.83. The minimum atomic E-state index is -0.348. The lowest BCUT2D eigenvalue weighted by Gasteiger charge is -2.28. The van der Waals surface area contributed by atoms with E-state index in [1.165, 1.54) is 36.0 Å². The summed E-state index contributed by atoms with van der Waals surface area (Å²) in [6, 6.07) is 5.66. The largest absolute Gasteiger partial charge is 0.378 e. The van der Waals surface area contributed by atoms with E-state index in [0.717, 1.165) is 30.7 Å². The van der Waals surface area contributed by atoms with Crippen LogP contribution in [0, 0.1) is 11.7 Å². The third-order valence-electron chi connectivity index (χ3n) is 4.32. The molecule has 8 heteroatoms. The van der Waals surface area contributed by atoms with Gasteiger partial charge in [0.25, 0.3) is 0 Å². The number of benzene rings is 1. The number of thioether (sulfide) groups is 1. The molecule has 0 spiro atoms. The number of halogens is 1. The van der Waals surface area contributed by atoms with Crippen molar-refractivity contribution in [1.82, 2.24) is 14.8 Å². The molecule has 0 bridgehead atoms. The number of rotatable bonds is 7. The summed E-state index contributed by atoms with van der Waals surface area (Å²) in [4.78, 5) is 14.9. The van der Waals surface area contributed by atoms with Gasteiger partial charge in [-0.05, 0) is 37.1 Å². The number of carbonyl (C=O) groups is 1. The molecule has 0 saturated carbocycles. The number of hydrogen-bond acceptors (Lipinski definition) is 6. The molecule has 146 valence electrons. The van der Waals surface area contributed by atoms with Crippen molar-refractivity contribution >= 4 is 23.5 Å². The fraction of sp³-hybridized carbons (Fsp3) is 0.526. The lowest BCUT2D eigenvalue weighted by molar-refractivity contribution is 0.0994. The molecule has 1 aromatic heterocycles. The zero-order valence-electron chi connectivity index (χ0n) is 15.9. The normalized spacial score (nSPS) is 16.0. The SMILES string of the molecule is CC(C)Cn1c(SC(C)C(=O)c2ccc(F)cc2)nnc1N1CCOCC1. The van der Waals surface area contributed by atoms with Crippen LogP contribution >= 0.6 is 11.8 Å². The Bertz CT molecular complexity index is 773. The summed E-state index contributed by atoms with van der Waals surface area (Å²) >= 11 is 1.39. The van der Waals surface area contributed by atoms with Gasteiger partial charge in [0.15, 0.2) is 10.9 Å². The molecule has 1 saturated heterocycles. The Hall–Kier alpha value is -1.93. The first-order valence-electron chi connectivity index (χ1n) is 9.18. The van der Waals surface area contributed by atoms with Crippen molar-refractivity contribution in [2.45, 2.75) is 37.7 Å². The highest BCUT2D eigenvalue weighted by atomic mass is 32.2. The monoisotopic (exact) mass is 392 g/mol. The van der Waals surface area contributed by atoms with Crippen LogP contribution in [-0.2, 0) is 11.3 Å². The molecule has 0 amide bonds. The summed E-state index contributed by atoms with van der Waals surface area (Å²) in [5, 5.41) is 9.13.